The third-order valence-electron chi connectivity index (χ3n) is 2.40. The van der Waals surface area contributed by atoms with Gasteiger partial charge in [-0.05, 0) is 12.1 Å². The van der Waals surface area contributed by atoms with Crippen LogP contribution in [0.15, 0.2) is 12.1 Å². The molecule has 0 aliphatic carbocycles. The molecule has 0 atom stereocenters. The summed E-state index contributed by atoms with van der Waals surface area (Å²) in [5.74, 6) is 0. The lowest BCUT2D eigenvalue weighted by Gasteiger charge is -2.02. The van der Waals surface area contributed by atoms with Gasteiger partial charge in [-0.1, -0.05) is 23.2 Å². The van der Waals surface area contributed by atoms with Crippen LogP contribution in [0.3, 0.4) is 0 Å². The Labute approximate surface area is 108 Å². The van der Waals surface area contributed by atoms with E-state index in [0.29, 0.717) is 23.2 Å². The van der Waals surface area contributed by atoms with Crippen molar-refractivity contribution in [3.05, 3.63) is 32.6 Å². The van der Waals surface area contributed by atoms with Crippen LogP contribution in [-0.4, -0.2) is 7.11 Å². The second-order valence-corrected chi connectivity index (χ2v) is 5.29. The summed E-state index contributed by atoms with van der Waals surface area (Å²) in [4.78, 5) is 1.08. The van der Waals surface area contributed by atoms with Crippen molar-refractivity contribution in [1.82, 2.24) is 0 Å². The normalized spacial score (nSPS) is 11.2. The molecular weight excluding hydrogens is 265 g/mol. The van der Waals surface area contributed by atoms with E-state index in [2.05, 4.69) is 0 Å². The zero-order valence-electron chi connectivity index (χ0n) is 8.72. The predicted molar refractivity (Wildman–Crippen MR) is 70.4 cm³/mol. The van der Waals surface area contributed by atoms with Crippen molar-refractivity contribution >= 4 is 44.6 Å². The molecule has 0 spiro atoms. The quantitative estimate of drug-likeness (QED) is 0.925. The summed E-state index contributed by atoms with van der Waals surface area (Å²) in [6.07, 6.45) is 0. The molecule has 1 aromatic heterocycles. The van der Waals surface area contributed by atoms with Gasteiger partial charge in [-0.25, -0.2) is 0 Å². The molecule has 86 valence electrons. The molecule has 0 bridgehead atoms. The molecule has 16 heavy (non-hydrogen) atoms. The first-order valence-corrected chi connectivity index (χ1v) is 6.33. The van der Waals surface area contributed by atoms with Gasteiger partial charge >= 0.3 is 0 Å². The molecule has 0 unspecified atom stereocenters. The van der Waals surface area contributed by atoms with Gasteiger partial charge < -0.3 is 10.5 Å². The van der Waals surface area contributed by atoms with Gasteiger partial charge in [0.2, 0.25) is 0 Å². The zero-order chi connectivity index (χ0) is 11.7. The second kappa shape index (κ2) is 4.90. The molecule has 1 aromatic carbocycles. The van der Waals surface area contributed by atoms with Crippen molar-refractivity contribution in [2.45, 2.75) is 13.2 Å². The average Bonchev–Trinajstić information content (AvgIpc) is 2.64. The number of hydrogen-bond donors (Lipinski definition) is 1. The van der Waals surface area contributed by atoms with Gasteiger partial charge in [-0.15, -0.1) is 11.3 Å². The molecule has 0 fully saturated rings. The molecule has 2 N–H and O–H groups in total. The van der Waals surface area contributed by atoms with Gasteiger partial charge in [0.15, 0.2) is 0 Å². The van der Waals surface area contributed by atoms with Gasteiger partial charge in [0.1, 0.15) is 0 Å². The molecule has 0 radical (unpaired) electrons. The van der Waals surface area contributed by atoms with Crippen LogP contribution < -0.4 is 5.73 Å². The number of benzene rings is 1. The highest BCUT2D eigenvalue weighted by Crippen LogP contribution is 2.40. The van der Waals surface area contributed by atoms with E-state index in [0.717, 1.165) is 20.5 Å². The van der Waals surface area contributed by atoms with Crippen molar-refractivity contribution in [3.8, 4) is 0 Å². The van der Waals surface area contributed by atoms with Crippen LogP contribution in [0.4, 0.5) is 0 Å². The number of methoxy groups -OCH3 is 1. The molecule has 2 rings (SSSR count). The standard InChI is InChI=1S/C11H11Cl2NOS/c1-15-5-6-9(4-14)16-11-8(13)3-2-7(12)10(6)11/h2-3H,4-5,14H2,1H3. The topological polar surface area (TPSA) is 35.2 Å². The third kappa shape index (κ3) is 1.94. The maximum absolute atomic E-state index is 6.19. The minimum absolute atomic E-state index is 0.477. The minimum Gasteiger partial charge on any atom is -0.380 e. The Bertz CT molecular complexity index is 524. The van der Waals surface area contributed by atoms with Gasteiger partial charge in [0.25, 0.3) is 0 Å². The van der Waals surface area contributed by atoms with Crippen LogP contribution in [-0.2, 0) is 17.9 Å². The van der Waals surface area contributed by atoms with Crippen LogP contribution >= 0.6 is 34.5 Å². The summed E-state index contributed by atoms with van der Waals surface area (Å²) in [6.45, 7) is 0.983. The van der Waals surface area contributed by atoms with Crippen LogP contribution in [0.25, 0.3) is 10.1 Å². The molecular formula is C11H11Cl2NOS. The van der Waals surface area contributed by atoms with E-state index in [1.807, 2.05) is 0 Å². The van der Waals surface area contributed by atoms with E-state index in [4.69, 9.17) is 33.7 Å². The van der Waals surface area contributed by atoms with Crippen molar-refractivity contribution in [2.24, 2.45) is 5.73 Å². The molecule has 0 saturated carbocycles. The summed E-state index contributed by atoms with van der Waals surface area (Å²) in [7, 11) is 1.66. The Morgan fingerprint density at radius 1 is 1.31 bits per heavy atom. The Hall–Kier alpha value is -0.320. The second-order valence-electron chi connectivity index (χ2n) is 3.37. The molecule has 0 aliphatic heterocycles. The fourth-order valence-corrected chi connectivity index (χ4v) is 3.42. The Kier molecular flexibility index (Phi) is 3.72. The van der Waals surface area contributed by atoms with Crippen LogP contribution in [0.2, 0.25) is 10.0 Å². The predicted octanol–water partition coefficient (Wildman–Crippen LogP) is 3.81. The van der Waals surface area contributed by atoms with E-state index in [1.165, 1.54) is 0 Å². The van der Waals surface area contributed by atoms with E-state index >= 15 is 0 Å². The van der Waals surface area contributed by atoms with E-state index < -0.39 is 0 Å². The number of halogens is 2. The number of fused-ring (bicyclic) bond motifs is 1. The van der Waals surface area contributed by atoms with Gasteiger partial charge in [0.05, 0.1) is 16.3 Å². The van der Waals surface area contributed by atoms with Crippen molar-refractivity contribution < 1.29 is 4.74 Å². The highest BCUT2D eigenvalue weighted by molar-refractivity contribution is 7.20. The van der Waals surface area contributed by atoms with Gasteiger partial charge in [-0.2, -0.15) is 0 Å². The average molecular weight is 276 g/mol. The monoisotopic (exact) mass is 275 g/mol. The number of hydrogen-bond acceptors (Lipinski definition) is 3. The number of nitrogens with two attached hydrogens (primary N) is 1. The number of ether oxygens (including phenoxy) is 1. The highest BCUT2D eigenvalue weighted by atomic mass is 35.5. The van der Waals surface area contributed by atoms with E-state index in [-0.39, 0.29) is 0 Å². The number of rotatable bonds is 3. The maximum Gasteiger partial charge on any atom is 0.0731 e. The minimum atomic E-state index is 0.477. The SMILES string of the molecule is COCc1c(CN)sc2c(Cl)ccc(Cl)c12. The Morgan fingerprint density at radius 2 is 2.00 bits per heavy atom. The first-order chi connectivity index (χ1) is 7.69. The van der Waals surface area contributed by atoms with Crippen LogP contribution in [0.1, 0.15) is 10.4 Å². The molecule has 2 nitrogen and oxygen atoms in total. The van der Waals surface area contributed by atoms with E-state index in [1.54, 1.807) is 30.6 Å². The lowest BCUT2D eigenvalue weighted by Crippen LogP contribution is -1.98. The zero-order valence-corrected chi connectivity index (χ0v) is 11.0. The molecule has 0 amide bonds. The Balaban J connectivity index is 2.78. The summed E-state index contributed by atoms with van der Waals surface area (Å²) < 4.78 is 6.17. The Morgan fingerprint density at radius 3 is 2.62 bits per heavy atom. The number of thiophene rings is 1. The van der Waals surface area contributed by atoms with Gasteiger partial charge in [-0.3, -0.25) is 0 Å². The summed E-state index contributed by atoms with van der Waals surface area (Å²) in [6, 6.07) is 3.61. The highest BCUT2D eigenvalue weighted by Gasteiger charge is 2.15. The van der Waals surface area contributed by atoms with Crippen molar-refractivity contribution in [2.75, 3.05) is 7.11 Å². The van der Waals surface area contributed by atoms with Crippen LogP contribution in [0.5, 0.6) is 0 Å². The first-order valence-electron chi connectivity index (χ1n) is 4.76. The van der Waals surface area contributed by atoms with Crippen molar-refractivity contribution in [1.29, 1.82) is 0 Å². The fourth-order valence-electron chi connectivity index (χ4n) is 1.70. The molecule has 5 heteroatoms. The molecule has 2 aromatic rings. The summed E-state index contributed by atoms with van der Waals surface area (Å²) >= 11 is 13.9. The third-order valence-corrected chi connectivity index (χ3v) is 4.43. The fraction of sp³-hybridized carbons (Fsp3) is 0.273. The van der Waals surface area contributed by atoms with Crippen molar-refractivity contribution in [3.63, 3.8) is 0 Å². The first kappa shape index (κ1) is 12.1. The maximum atomic E-state index is 6.19. The van der Waals surface area contributed by atoms with Gasteiger partial charge in [0, 0.05) is 34.5 Å². The van der Waals surface area contributed by atoms with Crippen LogP contribution in [0, 0.1) is 0 Å². The lowest BCUT2D eigenvalue weighted by atomic mass is 10.1. The summed E-state index contributed by atoms with van der Waals surface area (Å²) in [5, 5.41) is 2.38. The largest absolute Gasteiger partial charge is 0.380 e. The van der Waals surface area contributed by atoms with E-state index in [9.17, 15) is 0 Å². The smallest absolute Gasteiger partial charge is 0.0731 e. The molecule has 0 aliphatic rings. The molecule has 0 saturated heterocycles. The molecule has 1 heterocycles. The lowest BCUT2D eigenvalue weighted by molar-refractivity contribution is 0.185. The summed E-state index contributed by atoms with van der Waals surface area (Å²) in [5.41, 5.74) is 6.77.